The normalized spacial score (nSPS) is 22.5. The molecule has 18 heteroatoms. The predicted octanol–water partition coefficient (Wildman–Crippen LogP) is 17.4. The van der Waals surface area contributed by atoms with Crippen molar-refractivity contribution in [2.24, 2.45) is 23.7 Å². The van der Waals surface area contributed by atoms with Gasteiger partial charge >= 0.3 is 24.3 Å². The van der Waals surface area contributed by atoms with Crippen LogP contribution in [0.1, 0.15) is 114 Å². The van der Waals surface area contributed by atoms with Gasteiger partial charge in [-0.3, -0.25) is 0 Å². The third-order valence-corrected chi connectivity index (χ3v) is 18.0. The summed E-state index contributed by atoms with van der Waals surface area (Å²) in [6, 6.07) is 35.3. The van der Waals surface area contributed by atoms with E-state index in [0.717, 1.165) is 121 Å². The summed E-state index contributed by atoms with van der Waals surface area (Å²) in [6.45, 7) is 9.90. The van der Waals surface area contributed by atoms with Crippen molar-refractivity contribution in [1.29, 1.82) is 0 Å². The number of ether oxygens (including phenoxy) is 10. The van der Waals surface area contributed by atoms with Crippen LogP contribution in [0.2, 0.25) is 0 Å². The minimum Gasteiger partial charge on any atom is -0.468 e. The second-order valence-electron chi connectivity index (χ2n) is 23.9. The van der Waals surface area contributed by atoms with E-state index >= 15 is 0 Å². The zero-order valence-corrected chi connectivity index (χ0v) is 49.7. The summed E-state index contributed by atoms with van der Waals surface area (Å²) in [6.07, 6.45) is 2.56. The number of alkyl halides is 6. The Labute approximate surface area is 509 Å². The van der Waals surface area contributed by atoms with Gasteiger partial charge in [0.15, 0.2) is 13.6 Å². The number of esters is 2. The van der Waals surface area contributed by atoms with Crippen LogP contribution in [0.3, 0.4) is 0 Å². The molecule has 4 aliphatic carbocycles. The highest BCUT2D eigenvalue weighted by Gasteiger charge is 2.41. The fraction of sp³-hybridized carbons (Fsp3) is 0.457. The Bertz CT molecular complexity index is 3350. The monoisotopic (exact) mass is 1220 g/mol. The second-order valence-corrected chi connectivity index (χ2v) is 23.9. The van der Waals surface area contributed by atoms with Crippen LogP contribution in [0.4, 0.5) is 26.3 Å². The molecule has 0 amide bonds. The van der Waals surface area contributed by atoms with E-state index in [2.05, 4.69) is 69.5 Å². The van der Waals surface area contributed by atoms with Crippen molar-refractivity contribution < 1.29 is 83.3 Å². The van der Waals surface area contributed by atoms with E-state index in [1.807, 2.05) is 66.7 Å². The fourth-order valence-electron chi connectivity index (χ4n) is 13.1. The molecular formula is C70H76F6O12. The zero-order chi connectivity index (χ0) is 62.0. The molecule has 0 saturated heterocycles. The summed E-state index contributed by atoms with van der Waals surface area (Å²) in [5.41, 5.74) is 1.10. The van der Waals surface area contributed by atoms with Crippen LogP contribution in [0.25, 0.3) is 32.7 Å². The lowest BCUT2D eigenvalue weighted by Gasteiger charge is -2.37. The van der Waals surface area contributed by atoms with Crippen molar-refractivity contribution in [3.63, 3.8) is 0 Å². The van der Waals surface area contributed by atoms with Gasteiger partial charge < -0.3 is 47.4 Å². The average molecular weight is 1220 g/mol. The summed E-state index contributed by atoms with van der Waals surface area (Å²) in [4.78, 5) is 23.8. The number of fused-ring (bicyclic) bond motifs is 2. The van der Waals surface area contributed by atoms with Gasteiger partial charge in [0.2, 0.25) is 13.6 Å². The van der Waals surface area contributed by atoms with Gasteiger partial charge in [0, 0.05) is 5.56 Å². The van der Waals surface area contributed by atoms with Gasteiger partial charge in [-0.1, -0.05) is 66.7 Å². The third-order valence-electron chi connectivity index (χ3n) is 18.0. The summed E-state index contributed by atoms with van der Waals surface area (Å²) >= 11 is 0. The van der Waals surface area contributed by atoms with Gasteiger partial charge in [-0.15, -0.1) is 0 Å². The van der Waals surface area contributed by atoms with Crippen molar-refractivity contribution in [2.45, 2.75) is 153 Å². The molecule has 0 atom stereocenters. The third kappa shape index (κ3) is 16.8. The van der Waals surface area contributed by atoms with Crippen molar-refractivity contribution in [1.82, 2.24) is 0 Å². The van der Waals surface area contributed by atoms with E-state index in [1.54, 1.807) is 0 Å². The van der Waals surface area contributed by atoms with E-state index in [4.69, 9.17) is 47.4 Å². The Morgan fingerprint density at radius 3 is 1.18 bits per heavy atom. The minimum atomic E-state index is -4.79. The first kappa shape index (κ1) is 63.6. The number of rotatable bonds is 23. The molecule has 12 nitrogen and oxygen atoms in total. The summed E-state index contributed by atoms with van der Waals surface area (Å²) < 4.78 is 137. The van der Waals surface area contributed by atoms with Crippen molar-refractivity contribution in [3.05, 3.63) is 145 Å². The quantitative estimate of drug-likeness (QED) is 0.0262. The molecule has 0 aliphatic heterocycles. The Morgan fingerprint density at radius 1 is 0.398 bits per heavy atom. The van der Waals surface area contributed by atoms with Crippen molar-refractivity contribution in [3.8, 4) is 45.6 Å². The molecule has 4 saturated carbocycles. The highest BCUT2D eigenvalue weighted by Crippen LogP contribution is 2.45. The van der Waals surface area contributed by atoms with Crippen LogP contribution >= 0.6 is 0 Å². The topological polar surface area (TPSA) is 126 Å². The van der Waals surface area contributed by atoms with Gasteiger partial charge in [-0.2, -0.15) is 26.3 Å². The number of carbonyl (C=O) groups excluding carboxylic acids is 2. The molecule has 4 fully saturated rings. The average Bonchev–Trinajstić information content (AvgIpc) is 1.03. The number of hydrogen-bond donors (Lipinski definition) is 0. The highest BCUT2D eigenvalue weighted by molar-refractivity contribution is 6.08. The van der Waals surface area contributed by atoms with E-state index in [-0.39, 0.29) is 39.4 Å². The van der Waals surface area contributed by atoms with E-state index < -0.39 is 47.6 Å². The van der Waals surface area contributed by atoms with Gasteiger partial charge in [0.05, 0.1) is 12.2 Å². The van der Waals surface area contributed by atoms with Gasteiger partial charge in [-0.05, 0) is 234 Å². The van der Waals surface area contributed by atoms with Crippen LogP contribution in [-0.4, -0.2) is 75.9 Å². The van der Waals surface area contributed by atoms with E-state index in [1.165, 1.54) is 0 Å². The maximum absolute atomic E-state index is 12.9. The second kappa shape index (κ2) is 28.8. The summed E-state index contributed by atoms with van der Waals surface area (Å²) in [5.74, 6) is 2.82. The number of aryl methyl sites for hydroxylation is 2. The summed E-state index contributed by atoms with van der Waals surface area (Å²) in [7, 11) is 0. The van der Waals surface area contributed by atoms with E-state index in [9.17, 15) is 35.9 Å². The molecule has 4 aliphatic rings. The van der Waals surface area contributed by atoms with Crippen LogP contribution < -0.4 is 28.4 Å². The van der Waals surface area contributed by atoms with Gasteiger partial charge in [0.1, 0.15) is 57.9 Å². The Hall–Kier alpha value is -7.44. The molecule has 470 valence electrons. The molecular weight excluding hydrogens is 1150 g/mol. The fourth-order valence-corrected chi connectivity index (χ4v) is 13.1. The maximum Gasteiger partial charge on any atom is 0.422 e. The SMILES string of the molecule is C=C(C(=O)OC1CCC([C@H]2CC[C@H](OCOc3ccc(OCOc4cc(-c5c(OCOc6ccc(OCO[C@H]7CC[C@H](C8CCC(OC(=O)C(=C)C(F)(F)F)CC8)CC7)cc6)ccc6cc(C)ccc56)c5ccc(C)cc5c4)cc3)CC2)CC1)C(F)(F)F. The number of benzene rings is 6. The lowest BCUT2D eigenvalue weighted by Crippen LogP contribution is -2.32. The lowest BCUT2D eigenvalue weighted by molar-refractivity contribution is -0.158. The first-order valence-corrected chi connectivity index (χ1v) is 30.5. The van der Waals surface area contributed by atoms with E-state index in [0.29, 0.717) is 83.9 Å². The first-order chi connectivity index (χ1) is 42.3. The smallest absolute Gasteiger partial charge is 0.422 e. The van der Waals surface area contributed by atoms with Gasteiger partial charge in [0.25, 0.3) is 0 Å². The molecule has 6 aromatic rings. The molecule has 0 radical (unpaired) electrons. The lowest BCUT2D eigenvalue weighted by atomic mass is 9.72. The van der Waals surface area contributed by atoms with Crippen LogP contribution in [0.5, 0.6) is 34.5 Å². The minimum absolute atomic E-state index is 0.0613. The first-order valence-electron chi connectivity index (χ1n) is 30.5. The highest BCUT2D eigenvalue weighted by atomic mass is 19.4. The van der Waals surface area contributed by atoms with Crippen molar-refractivity contribution in [2.75, 3.05) is 27.2 Å². The molecule has 0 heterocycles. The van der Waals surface area contributed by atoms with Crippen LogP contribution in [0.15, 0.2) is 133 Å². The Morgan fingerprint density at radius 2 is 0.761 bits per heavy atom. The molecule has 0 spiro atoms. The Kier molecular flexibility index (Phi) is 20.8. The van der Waals surface area contributed by atoms with Crippen LogP contribution in [0, 0.1) is 37.5 Å². The number of hydrogen-bond acceptors (Lipinski definition) is 12. The largest absolute Gasteiger partial charge is 0.468 e. The molecule has 0 unspecified atom stereocenters. The zero-order valence-electron chi connectivity index (χ0n) is 49.7. The molecule has 0 aromatic heterocycles. The van der Waals surface area contributed by atoms with Crippen LogP contribution in [-0.2, 0) is 28.5 Å². The standard InChI is InChI=1S/C70H76F6O12/c1-43-6-33-63-51(35-43)15-34-65(86-42-84-58-30-28-56(29-31-58)82-40-80-54-18-9-48(10-19-54)50-13-22-60(23-14-50)88-68(78)46(4)70(74,75)76)66(63)64-38-61(37-52-36-44(2)5-32-62(52)64)85-41-83-57-26-24-55(25-27-57)81-39-79-53-16-7-47(8-17-53)49-11-20-59(21-12-49)87-67(77)45(3)69(71,72)73/h5-6,15,24-38,47-50,53-54,59-60H,3-4,7-14,16-23,39-42H2,1-2H3/t47-,48-,49?,50?,53-,54-,59?,60?. The molecule has 10 rings (SSSR count). The van der Waals surface area contributed by atoms with Gasteiger partial charge in [-0.25, -0.2) is 9.59 Å². The molecule has 0 N–H and O–H groups in total. The Balaban J connectivity index is 0.670. The predicted molar refractivity (Wildman–Crippen MR) is 320 cm³/mol. The molecule has 88 heavy (non-hydrogen) atoms. The molecule has 6 aromatic carbocycles. The maximum atomic E-state index is 12.9. The summed E-state index contributed by atoms with van der Waals surface area (Å²) in [5, 5.41) is 4.05. The molecule has 0 bridgehead atoms. The van der Waals surface area contributed by atoms with Crippen molar-refractivity contribution >= 4 is 33.5 Å². The number of halogens is 6. The number of carbonyl (C=O) groups is 2.